The predicted octanol–water partition coefficient (Wildman–Crippen LogP) is 2.95. The second-order valence-corrected chi connectivity index (χ2v) is 4.05. The van der Waals surface area contributed by atoms with Gasteiger partial charge in [-0.3, -0.25) is 0 Å². The summed E-state index contributed by atoms with van der Waals surface area (Å²) in [7, 11) is 1.66. The van der Waals surface area contributed by atoms with E-state index in [1.165, 1.54) is 0 Å². The highest BCUT2D eigenvalue weighted by Crippen LogP contribution is 2.29. The summed E-state index contributed by atoms with van der Waals surface area (Å²) in [6.07, 6.45) is 0. The smallest absolute Gasteiger partial charge is 0.132 e. The SMILES string of the molecule is COc1ccccc1SCC(C)C#N. The first kappa shape index (κ1) is 10.9. The molecule has 0 spiro atoms. The van der Waals surface area contributed by atoms with Gasteiger partial charge in [0.15, 0.2) is 0 Å². The molecule has 0 saturated carbocycles. The van der Waals surface area contributed by atoms with Crippen molar-refractivity contribution < 1.29 is 4.74 Å². The highest BCUT2D eigenvalue weighted by molar-refractivity contribution is 7.99. The molecule has 3 heteroatoms. The van der Waals surface area contributed by atoms with Gasteiger partial charge < -0.3 is 4.74 Å². The van der Waals surface area contributed by atoms with Gasteiger partial charge in [0, 0.05) is 10.6 Å². The zero-order chi connectivity index (χ0) is 10.4. The van der Waals surface area contributed by atoms with Crippen LogP contribution in [0.2, 0.25) is 0 Å². The molecule has 0 N–H and O–H groups in total. The molecule has 0 bridgehead atoms. The molecule has 0 aliphatic rings. The van der Waals surface area contributed by atoms with Crippen LogP contribution in [-0.2, 0) is 0 Å². The van der Waals surface area contributed by atoms with Crippen LogP contribution in [0.15, 0.2) is 29.2 Å². The van der Waals surface area contributed by atoms with Gasteiger partial charge in [-0.15, -0.1) is 11.8 Å². The van der Waals surface area contributed by atoms with Gasteiger partial charge in [0.2, 0.25) is 0 Å². The van der Waals surface area contributed by atoms with Gasteiger partial charge in [-0.25, -0.2) is 0 Å². The number of ether oxygens (including phenoxy) is 1. The van der Waals surface area contributed by atoms with E-state index < -0.39 is 0 Å². The molecular weight excluding hydrogens is 194 g/mol. The van der Waals surface area contributed by atoms with Gasteiger partial charge in [-0.1, -0.05) is 12.1 Å². The van der Waals surface area contributed by atoms with E-state index in [2.05, 4.69) is 6.07 Å². The van der Waals surface area contributed by atoms with Crippen molar-refractivity contribution in [1.29, 1.82) is 5.26 Å². The molecule has 1 unspecified atom stereocenters. The van der Waals surface area contributed by atoms with Crippen molar-refractivity contribution >= 4 is 11.8 Å². The quantitative estimate of drug-likeness (QED) is 0.712. The van der Waals surface area contributed by atoms with Crippen molar-refractivity contribution in [2.24, 2.45) is 5.92 Å². The Bertz CT molecular complexity index is 332. The Kier molecular flexibility index (Phi) is 4.34. The van der Waals surface area contributed by atoms with Gasteiger partial charge in [0.25, 0.3) is 0 Å². The average Bonchev–Trinajstić information content (AvgIpc) is 2.26. The van der Waals surface area contributed by atoms with Crippen molar-refractivity contribution in [2.75, 3.05) is 12.9 Å². The van der Waals surface area contributed by atoms with E-state index in [1.807, 2.05) is 31.2 Å². The molecule has 0 amide bonds. The maximum Gasteiger partial charge on any atom is 0.132 e. The summed E-state index contributed by atoms with van der Waals surface area (Å²) in [6, 6.07) is 10.1. The predicted molar refractivity (Wildman–Crippen MR) is 58.5 cm³/mol. The van der Waals surface area contributed by atoms with Crippen molar-refractivity contribution in [3.05, 3.63) is 24.3 Å². The zero-order valence-corrected chi connectivity index (χ0v) is 9.17. The first-order valence-electron chi connectivity index (χ1n) is 4.43. The summed E-state index contributed by atoms with van der Waals surface area (Å²) in [5, 5.41) is 8.64. The number of para-hydroxylation sites is 1. The number of rotatable bonds is 4. The molecule has 0 heterocycles. The highest BCUT2D eigenvalue weighted by atomic mass is 32.2. The standard InChI is InChI=1S/C11H13NOS/c1-9(7-12)8-14-11-6-4-3-5-10(11)13-2/h3-6,9H,8H2,1-2H3. The fourth-order valence-electron chi connectivity index (χ4n) is 0.990. The van der Waals surface area contributed by atoms with Crippen LogP contribution in [0.3, 0.4) is 0 Å². The van der Waals surface area contributed by atoms with Crippen molar-refractivity contribution in [3.63, 3.8) is 0 Å². The molecule has 74 valence electrons. The van der Waals surface area contributed by atoms with Crippen LogP contribution in [-0.4, -0.2) is 12.9 Å². The Morgan fingerprint density at radius 2 is 2.21 bits per heavy atom. The molecule has 1 aromatic rings. The molecule has 0 radical (unpaired) electrons. The van der Waals surface area contributed by atoms with E-state index in [9.17, 15) is 0 Å². The summed E-state index contributed by atoms with van der Waals surface area (Å²) in [5.41, 5.74) is 0. The largest absolute Gasteiger partial charge is 0.496 e. The van der Waals surface area contributed by atoms with Crippen LogP contribution >= 0.6 is 11.8 Å². The molecule has 2 nitrogen and oxygen atoms in total. The Morgan fingerprint density at radius 1 is 1.50 bits per heavy atom. The number of hydrogen-bond acceptors (Lipinski definition) is 3. The number of methoxy groups -OCH3 is 1. The van der Waals surface area contributed by atoms with E-state index in [4.69, 9.17) is 10.00 Å². The monoisotopic (exact) mass is 207 g/mol. The maximum atomic E-state index is 8.64. The second kappa shape index (κ2) is 5.56. The van der Waals surface area contributed by atoms with Gasteiger partial charge in [0.1, 0.15) is 5.75 Å². The number of nitriles is 1. The molecule has 0 aliphatic heterocycles. The van der Waals surface area contributed by atoms with Crippen LogP contribution in [0.4, 0.5) is 0 Å². The summed E-state index contributed by atoms with van der Waals surface area (Å²) < 4.78 is 5.21. The minimum absolute atomic E-state index is 0.0740. The molecule has 0 fully saturated rings. The van der Waals surface area contributed by atoms with Gasteiger partial charge >= 0.3 is 0 Å². The third-order valence-corrected chi connectivity index (χ3v) is 3.09. The molecule has 0 aromatic heterocycles. The van der Waals surface area contributed by atoms with Gasteiger partial charge in [0.05, 0.1) is 19.1 Å². The third kappa shape index (κ3) is 2.97. The number of nitrogens with zero attached hydrogens (tertiary/aromatic N) is 1. The van der Waals surface area contributed by atoms with Crippen LogP contribution in [0, 0.1) is 17.2 Å². The summed E-state index contributed by atoms with van der Waals surface area (Å²) in [6.45, 7) is 1.92. The molecule has 1 rings (SSSR count). The lowest BCUT2D eigenvalue weighted by molar-refractivity contribution is 0.405. The van der Waals surface area contributed by atoms with Crippen molar-refractivity contribution in [1.82, 2.24) is 0 Å². The molecule has 1 aromatic carbocycles. The van der Waals surface area contributed by atoms with Crippen LogP contribution < -0.4 is 4.74 Å². The Balaban J connectivity index is 2.63. The molecular formula is C11H13NOS. The lowest BCUT2D eigenvalue weighted by Crippen LogP contribution is -1.94. The Hall–Kier alpha value is -1.14. The van der Waals surface area contributed by atoms with Gasteiger partial charge in [-0.05, 0) is 19.1 Å². The third-order valence-electron chi connectivity index (χ3n) is 1.78. The first-order valence-corrected chi connectivity index (χ1v) is 5.42. The summed E-state index contributed by atoms with van der Waals surface area (Å²) in [5.74, 6) is 1.75. The van der Waals surface area contributed by atoms with Crippen LogP contribution in [0.5, 0.6) is 5.75 Å². The van der Waals surface area contributed by atoms with E-state index in [0.29, 0.717) is 0 Å². The number of hydrogen-bond donors (Lipinski definition) is 0. The lowest BCUT2D eigenvalue weighted by atomic mass is 10.3. The minimum Gasteiger partial charge on any atom is -0.496 e. The average molecular weight is 207 g/mol. The van der Waals surface area contributed by atoms with E-state index in [1.54, 1.807) is 18.9 Å². The molecule has 0 aliphatic carbocycles. The summed E-state index contributed by atoms with van der Waals surface area (Å²) >= 11 is 1.66. The number of thioether (sulfide) groups is 1. The van der Waals surface area contributed by atoms with Crippen molar-refractivity contribution in [2.45, 2.75) is 11.8 Å². The normalized spacial score (nSPS) is 11.8. The maximum absolute atomic E-state index is 8.64. The van der Waals surface area contributed by atoms with E-state index in [0.717, 1.165) is 16.4 Å². The van der Waals surface area contributed by atoms with Gasteiger partial charge in [-0.2, -0.15) is 5.26 Å². The summed E-state index contributed by atoms with van der Waals surface area (Å²) in [4.78, 5) is 1.09. The fraction of sp³-hybridized carbons (Fsp3) is 0.364. The van der Waals surface area contributed by atoms with Crippen molar-refractivity contribution in [3.8, 4) is 11.8 Å². The Labute approximate surface area is 88.9 Å². The molecule has 1 atom stereocenters. The minimum atomic E-state index is 0.0740. The van der Waals surface area contributed by atoms with Crippen LogP contribution in [0.25, 0.3) is 0 Å². The topological polar surface area (TPSA) is 33.0 Å². The second-order valence-electron chi connectivity index (χ2n) is 2.99. The van der Waals surface area contributed by atoms with Crippen LogP contribution in [0.1, 0.15) is 6.92 Å². The molecule has 14 heavy (non-hydrogen) atoms. The first-order chi connectivity index (χ1) is 6.77. The lowest BCUT2D eigenvalue weighted by Gasteiger charge is -2.07. The fourth-order valence-corrected chi connectivity index (χ4v) is 1.96. The van der Waals surface area contributed by atoms with E-state index >= 15 is 0 Å². The Morgan fingerprint density at radius 3 is 2.86 bits per heavy atom. The highest BCUT2D eigenvalue weighted by Gasteiger charge is 2.05. The number of benzene rings is 1. The zero-order valence-electron chi connectivity index (χ0n) is 8.36. The molecule has 0 saturated heterocycles. The van der Waals surface area contributed by atoms with E-state index in [-0.39, 0.29) is 5.92 Å².